The summed E-state index contributed by atoms with van der Waals surface area (Å²) in [5.74, 6) is -0.698. The summed E-state index contributed by atoms with van der Waals surface area (Å²) in [5, 5.41) is 0. The van der Waals surface area contributed by atoms with Crippen LogP contribution in [0.1, 0.15) is 11.6 Å². The average Bonchev–Trinajstić information content (AvgIpc) is 2.84. The number of rotatable bonds is 2. The second-order valence-electron chi connectivity index (χ2n) is 3.83. The van der Waals surface area contributed by atoms with Crippen LogP contribution in [0.2, 0.25) is 0 Å². The molecule has 3 unspecified atom stereocenters. The van der Waals surface area contributed by atoms with Crippen molar-refractivity contribution in [2.24, 2.45) is 11.7 Å². The van der Waals surface area contributed by atoms with E-state index in [1.54, 1.807) is 18.5 Å². The molecule has 0 amide bonds. The minimum Gasteiger partial charge on any atom is -0.367 e. The number of halogens is 3. The molecule has 0 radical (unpaired) electrons. The van der Waals surface area contributed by atoms with Gasteiger partial charge in [0.1, 0.15) is 6.04 Å². The van der Waals surface area contributed by atoms with Crippen molar-refractivity contribution in [3.05, 3.63) is 24.0 Å². The smallest absolute Gasteiger partial charge is 0.367 e. The molecule has 1 aliphatic heterocycles. The molecule has 2 heterocycles. The van der Waals surface area contributed by atoms with Crippen molar-refractivity contribution in [2.75, 3.05) is 6.54 Å². The largest absolute Gasteiger partial charge is 0.405 e. The number of hydrogen-bond acceptors (Lipinski definition) is 3. The normalized spacial score (nSPS) is 30.9. The maximum atomic E-state index is 12.6. The molecule has 0 spiro atoms. The maximum absolute atomic E-state index is 12.6. The van der Waals surface area contributed by atoms with Gasteiger partial charge in [-0.2, -0.15) is 13.2 Å². The van der Waals surface area contributed by atoms with E-state index in [1.165, 1.54) is 0 Å². The molecule has 5 N–H and O–H groups in total. The number of hydrogen-bond donors (Lipinski definition) is 4. The lowest BCUT2D eigenvalue weighted by Crippen LogP contribution is -2.45. The van der Waals surface area contributed by atoms with Gasteiger partial charge in [-0.25, -0.2) is 10.9 Å². The van der Waals surface area contributed by atoms with Crippen LogP contribution in [0.3, 0.4) is 0 Å². The predicted molar refractivity (Wildman–Crippen MR) is 52.2 cm³/mol. The van der Waals surface area contributed by atoms with E-state index in [2.05, 4.69) is 15.8 Å². The maximum Gasteiger partial charge on any atom is 0.405 e. The summed E-state index contributed by atoms with van der Waals surface area (Å²) >= 11 is 0. The zero-order valence-corrected chi connectivity index (χ0v) is 8.38. The lowest BCUT2D eigenvalue weighted by Gasteiger charge is -2.22. The Morgan fingerprint density at radius 3 is 2.56 bits per heavy atom. The number of alkyl halides is 3. The fourth-order valence-electron chi connectivity index (χ4n) is 2.04. The summed E-state index contributed by atoms with van der Waals surface area (Å²) in [5.41, 5.74) is 11.1. The van der Waals surface area contributed by atoms with Gasteiger partial charge in [-0.1, -0.05) is 0 Å². The molecule has 0 aliphatic carbocycles. The van der Waals surface area contributed by atoms with Crippen LogP contribution >= 0.6 is 0 Å². The molecule has 1 aliphatic rings. The first-order chi connectivity index (χ1) is 7.54. The van der Waals surface area contributed by atoms with Gasteiger partial charge in [0.05, 0.1) is 6.04 Å². The molecule has 90 valence electrons. The lowest BCUT2D eigenvalue weighted by atomic mass is 9.90. The zero-order valence-electron chi connectivity index (χ0n) is 8.38. The van der Waals surface area contributed by atoms with Gasteiger partial charge >= 0.3 is 6.18 Å². The summed E-state index contributed by atoms with van der Waals surface area (Å²) in [6.07, 6.45) is -0.950. The molecule has 1 saturated heterocycles. The second kappa shape index (κ2) is 4.08. The van der Waals surface area contributed by atoms with Crippen LogP contribution < -0.4 is 16.6 Å². The Balaban J connectivity index is 2.19. The lowest BCUT2D eigenvalue weighted by molar-refractivity contribution is -0.161. The molecule has 16 heavy (non-hydrogen) atoms. The van der Waals surface area contributed by atoms with Gasteiger partial charge in [0.15, 0.2) is 0 Å². The van der Waals surface area contributed by atoms with Crippen LogP contribution in [-0.2, 0) is 0 Å². The summed E-state index contributed by atoms with van der Waals surface area (Å²) in [6.45, 7) is -0.0278. The molecule has 0 bridgehead atoms. The molecular weight excluding hydrogens is 221 g/mol. The Bertz CT molecular complexity index is 335. The van der Waals surface area contributed by atoms with Crippen LogP contribution in [0.25, 0.3) is 0 Å². The first-order valence-electron chi connectivity index (χ1n) is 4.94. The van der Waals surface area contributed by atoms with Gasteiger partial charge in [0.25, 0.3) is 0 Å². The fourth-order valence-corrected chi connectivity index (χ4v) is 2.04. The minimum absolute atomic E-state index is 0.0278. The van der Waals surface area contributed by atoms with E-state index in [1.807, 2.05) is 0 Å². The van der Waals surface area contributed by atoms with Crippen LogP contribution in [0.15, 0.2) is 18.5 Å². The highest BCUT2D eigenvalue weighted by Crippen LogP contribution is 2.35. The molecule has 1 fully saturated rings. The van der Waals surface area contributed by atoms with Crippen molar-refractivity contribution in [1.82, 2.24) is 15.8 Å². The van der Waals surface area contributed by atoms with Crippen molar-refractivity contribution < 1.29 is 13.2 Å². The van der Waals surface area contributed by atoms with Crippen LogP contribution in [0.5, 0.6) is 0 Å². The third kappa shape index (κ3) is 1.93. The number of aromatic nitrogens is 1. The predicted octanol–water partition coefficient (Wildman–Crippen LogP) is 0.669. The van der Waals surface area contributed by atoms with Crippen LogP contribution in [0.4, 0.5) is 13.2 Å². The average molecular weight is 234 g/mol. The zero-order chi connectivity index (χ0) is 11.8. The topological polar surface area (TPSA) is 65.9 Å². The molecule has 1 aromatic rings. The summed E-state index contributed by atoms with van der Waals surface area (Å²) in [6, 6.07) is -0.277. The number of aromatic amines is 1. The van der Waals surface area contributed by atoms with E-state index in [-0.39, 0.29) is 6.54 Å². The SMILES string of the molecule is NCC1C(c2cc[nH]c2)NNC1C(F)(F)F. The first kappa shape index (κ1) is 11.4. The second-order valence-corrected chi connectivity index (χ2v) is 3.83. The van der Waals surface area contributed by atoms with E-state index in [4.69, 9.17) is 5.73 Å². The van der Waals surface area contributed by atoms with Crippen LogP contribution in [0, 0.1) is 5.92 Å². The number of nitrogens with one attached hydrogen (secondary N) is 3. The highest BCUT2D eigenvalue weighted by molar-refractivity contribution is 5.18. The van der Waals surface area contributed by atoms with Gasteiger partial charge in [-0.3, -0.25) is 0 Å². The summed E-state index contributed by atoms with van der Waals surface area (Å²) in [7, 11) is 0. The molecule has 3 atom stereocenters. The van der Waals surface area contributed by atoms with Crippen molar-refractivity contribution in [3.8, 4) is 0 Å². The Morgan fingerprint density at radius 1 is 1.31 bits per heavy atom. The Kier molecular flexibility index (Phi) is 2.92. The monoisotopic (exact) mass is 234 g/mol. The number of H-pyrrole nitrogens is 1. The van der Waals surface area contributed by atoms with Gasteiger partial charge in [-0.15, -0.1) is 0 Å². The molecule has 1 aromatic heterocycles. The molecule has 2 rings (SSSR count). The Hall–Kier alpha value is -1.05. The highest BCUT2D eigenvalue weighted by Gasteiger charge is 2.50. The quantitative estimate of drug-likeness (QED) is 0.608. The first-order valence-corrected chi connectivity index (χ1v) is 4.94. The molecule has 7 heteroatoms. The molecule has 0 saturated carbocycles. The molecular formula is C9H13F3N4. The number of nitrogens with two attached hydrogens (primary N) is 1. The fraction of sp³-hybridized carbons (Fsp3) is 0.556. The minimum atomic E-state index is -4.29. The highest BCUT2D eigenvalue weighted by atomic mass is 19.4. The van der Waals surface area contributed by atoms with E-state index in [9.17, 15) is 13.2 Å². The van der Waals surface area contributed by atoms with Crippen molar-refractivity contribution >= 4 is 0 Å². The van der Waals surface area contributed by atoms with E-state index in [0.717, 1.165) is 5.56 Å². The van der Waals surface area contributed by atoms with Crippen molar-refractivity contribution in [3.63, 3.8) is 0 Å². The van der Waals surface area contributed by atoms with Crippen molar-refractivity contribution in [1.29, 1.82) is 0 Å². The molecule has 4 nitrogen and oxygen atoms in total. The van der Waals surface area contributed by atoms with E-state index < -0.39 is 24.2 Å². The summed E-state index contributed by atoms with van der Waals surface area (Å²) in [4.78, 5) is 2.82. The van der Waals surface area contributed by atoms with E-state index >= 15 is 0 Å². The van der Waals surface area contributed by atoms with Gasteiger partial charge in [0.2, 0.25) is 0 Å². The third-order valence-electron chi connectivity index (χ3n) is 2.86. The Labute approximate surface area is 90.4 Å². The van der Waals surface area contributed by atoms with Crippen molar-refractivity contribution in [2.45, 2.75) is 18.3 Å². The molecule has 0 aromatic carbocycles. The van der Waals surface area contributed by atoms with Gasteiger partial charge < -0.3 is 10.7 Å². The Morgan fingerprint density at radius 2 is 2.06 bits per heavy atom. The van der Waals surface area contributed by atoms with Gasteiger partial charge in [-0.05, 0) is 18.2 Å². The number of hydrazine groups is 1. The third-order valence-corrected chi connectivity index (χ3v) is 2.86. The van der Waals surface area contributed by atoms with Crippen LogP contribution in [-0.4, -0.2) is 23.7 Å². The summed E-state index contributed by atoms with van der Waals surface area (Å²) < 4.78 is 37.9. The van der Waals surface area contributed by atoms with E-state index in [0.29, 0.717) is 0 Å². The van der Waals surface area contributed by atoms with Gasteiger partial charge in [0, 0.05) is 18.3 Å². The standard InChI is InChI=1S/C9H13F3N4/c10-9(11,12)8-6(3-13)7(15-16-8)5-1-2-14-4-5/h1-2,4,6-8,14-16H,3,13H2.